The Morgan fingerprint density at radius 2 is 1.84 bits per heavy atom. The number of amides is 1. The summed E-state index contributed by atoms with van der Waals surface area (Å²) >= 11 is 1.40. The van der Waals surface area contributed by atoms with Crippen molar-refractivity contribution in [3.05, 3.63) is 59.1 Å². The number of rotatable bonds is 7. The van der Waals surface area contributed by atoms with E-state index in [1.807, 2.05) is 42.5 Å². The maximum Gasteiger partial charge on any atom is 0.258 e. The third kappa shape index (κ3) is 4.34. The third-order valence-corrected chi connectivity index (χ3v) is 5.69. The van der Waals surface area contributed by atoms with Crippen molar-refractivity contribution >= 4 is 33.3 Å². The molecule has 0 atom stereocenters. The third-order valence-electron chi connectivity index (χ3n) is 4.79. The maximum atomic E-state index is 13.2. The number of aryl methyl sites for hydroxylation is 1. The second-order valence-corrected chi connectivity index (χ2v) is 7.91. The molecule has 0 spiro atoms. The van der Waals surface area contributed by atoms with Crippen LogP contribution in [0.3, 0.4) is 0 Å². The van der Waals surface area contributed by atoms with Crippen LogP contribution in [0.2, 0.25) is 0 Å². The topological polar surface area (TPSA) is 86.2 Å². The van der Waals surface area contributed by atoms with E-state index in [2.05, 4.69) is 22.4 Å². The van der Waals surface area contributed by atoms with Gasteiger partial charge in [-0.3, -0.25) is 10.1 Å². The zero-order valence-electron chi connectivity index (χ0n) is 17.5. The second-order valence-electron chi connectivity index (χ2n) is 6.85. The SMILES string of the molecule is CCCc1nnc(NC(=O)c2cc(-c3ccc(OC)c(OC)c3)nc3ccccc23)s1. The highest BCUT2D eigenvalue weighted by Crippen LogP contribution is 2.33. The smallest absolute Gasteiger partial charge is 0.258 e. The lowest BCUT2D eigenvalue weighted by molar-refractivity contribution is 0.102. The van der Waals surface area contributed by atoms with Crippen LogP contribution in [-0.2, 0) is 6.42 Å². The quantitative estimate of drug-likeness (QED) is 0.442. The van der Waals surface area contributed by atoms with Crippen LogP contribution in [0, 0.1) is 0 Å². The zero-order chi connectivity index (χ0) is 21.8. The van der Waals surface area contributed by atoms with Crippen LogP contribution in [0.15, 0.2) is 48.5 Å². The number of aromatic nitrogens is 3. The standard InChI is InChI=1S/C23H22N4O3S/c1-4-7-21-26-27-23(31-21)25-22(28)16-13-18(24-17-9-6-5-8-15(16)17)14-10-11-19(29-2)20(12-14)30-3/h5-6,8-13H,4,7H2,1-3H3,(H,25,27,28). The van der Waals surface area contributed by atoms with Gasteiger partial charge < -0.3 is 9.47 Å². The molecule has 0 bridgehead atoms. The van der Waals surface area contributed by atoms with E-state index >= 15 is 0 Å². The van der Waals surface area contributed by atoms with E-state index in [1.165, 1.54) is 11.3 Å². The molecule has 4 rings (SSSR count). The van der Waals surface area contributed by atoms with Crippen LogP contribution >= 0.6 is 11.3 Å². The van der Waals surface area contributed by atoms with Crippen molar-refractivity contribution in [1.82, 2.24) is 15.2 Å². The molecular weight excluding hydrogens is 412 g/mol. The Labute approximate surface area is 184 Å². The predicted octanol–water partition coefficient (Wildman–Crippen LogP) is 4.98. The Kier molecular flexibility index (Phi) is 6.08. The molecule has 1 N–H and O–H groups in total. The normalized spacial score (nSPS) is 10.8. The fourth-order valence-electron chi connectivity index (χ4n) is 3.29. The van der Waals surface area contributed by atoms with Gasteiger partial charge in [0.1, 0.15) is 5.01 Å². The van der Waals surface area contributed by atoms with Gasteiger partial charge in [-0.15, -0.1) is 10.2 Å². The predicted molar refractivity (Wildman–Crippen MR) is 122 cm³/mol. The molecular formula is C23H22N4O3S. The number of carbonyl (C=O) groups is 1. The van der Waals surface area contributed by atoms with Gasteiger partial charge in [-0.1, -0.05) is 36.5 Å². The molecule has 8 heteroatoms. The van der Waals surface area contributed by atoms with Crippen LogP contribution in [0.4, 0.5) is 5.13 Å². The number of carbonyl (C=O) groups excluding carboxylic acids is 1. The van der Waals surface area contributed by atoms with Gasteiger partial charge in [-0.05, 0) is 36.8 Å². The van der Waals surface area contributed by atoms with Crippen LogP contribution in [0.5, 0.6) is 11.5 Å². The molecule has 0 aliphatic rings. The number of anilines is 1. The zero-order valence-corrected chi connectivity index (χ0v) is 18.3. The van der Waals surface area contributed by atoms with E-state index in [9.17, 15) is 4.79 Å². The van der Waals surface area contributed by atoms with Crippen molar-refractivity contribution in [2.75, 3.05) is 19.5 Å². The first-order valence-electron chi connectivity index (χ1n) is 9.88. The van der Waals surface area contributed by atoms with E-state index < -0.39 is 0 Å². The fourth-order valence-corrected chi connectivity index (χ4v) is 4.13. The summed E-state index contributed by atoms with van der Waals surface area (Å²) in [5.74, 6) is 0.974. The summed E-state index contributed by atoms with van der Waals surface area (Å²) < 4.78 is 10.7. The summed E-state index contributed by atoms with van der Waals surface area (Å²) in [6.07, 6.45) is 1.82. The van der Waals surface area contributed by atoms with Gasteiger partial charge in [-0.25, -0.2) is 4.98 Å². The number of hydrogen-bond donors (Lipinski definition) is 1. The molecule has 2 aromatic heterocycles. The van der Waals surface area contributed by atoms with Gasteiger partial charge in [0.25, 0.3) is 5.91 Å². The highest BCUT2D eigenvalue weighted by atomic mass is 32.1. The van der Waals surface area contributed by atoms with E-state index in [4.69, 9.17) is 14.5 Å². The monoisotopic (exact) mass is 434 g/mol. The number of nitrogens with one attached hydrogen (secondary N) is 1. The maximum absolute atomic E-state index is 13.2. The molecule has 0 radical (unpaired) electrons. The van der Waals surface area contributed by atoms with E-state index in [-0.39, 0.29) is 5.91 Å². The number of pyridine rings is 1. The molecule has 0 unspecified atom stereocenters. The summed E-state index contributed by atoms with van der Waals surface area (Å²) in [6.45, 7) is 2.08. The Balaban J connectivity index is 1.75. The van der Waals surface area contributed by atoms with Gasteiger partial charge in [0.15, 0.2) is 11.5 Å². The molecule has 2 heterocycles. The second kappa shape index (κ2) is 9.09. The minimum absolute atomic E-state index is 0.250. The van der Waals surface area contributed by atoms with Gasteiger partial charge in [0, 0.05) is 17.4 Å². The first kappa shape index (κ1) is 20.7. The van der Waals surface area contributed by atoms with Crippen molar-refractivity contribution in [2.24, 2.45) is 0 Å². The van der Waals surface area contributed by atoms with Crippen molar-refractivity contribution in [3.63, 3.8) is 0 Å². The number of ether oxygens (including phenoxy) is 2. The summed E-state index contributed by atoms with van der Waals surface area (Å²) in [5.41, 5.74) is 2.72. The molecule has 0 saturated heterocycles. The van der Waals surface area contributed by atoms with Crippen LogP contribution in [0.1, 0.15) is 28.7 Å². The van der Waals surface area contributed by atoms with Crippen molar-refractivity contribution < 1.29 is 14.3 Å². The number of benzene rings is 2. The van der Waals surface area contributed by atoms with Crippen LogP contribution in [-0.4, -0.2) is 35.3 Å². The van der Waals surface area contributed by atoms with Crippen molar-refractivity contribution in [2.45, 2.75) is 19.8 Å². The molecule has 1 amide bonds. The number of hydrogen-bond acceptors (Lipinski definition) is 7. The van der Waals surface area contributed by atoms with Crippen molar-refractivity contribution in [1.29, 1.82) is 0 Å². The molecule has 0 saturated carbocycles. The number of fused-ring (bicyclic) bond motifs is 1. The summed E-state index contributed by atoms with van der Waals surface area (Å²) in [7, 11) is 3.18. The number of para-hydroxylation sites is 1. The lowest BCUT2D eigenvalue weighted by atomic mass is 10.0. The molecule has 31 heavy (non-hydrogen) atoms. The fraction of sp³-hybridized carbons (Fsp3) is 0.217. The summed E-state index contributed by atoms with van der Waals surface area (Å²) in [6, 6.07) is 14.9. The van der Waals surface area contributed by atoms with Gasteiger partial charge in [0.05, 0.1) is 31.0 Å². The van der Waals surface area contributed by atoms with E-state index in [0.29, 0.717) is 27.9 Å². The lowest BCUT2D eigenvalue weighted by Crippen LogP contribution is -2.13. The summed E-state index contributed by atoms with van der Waals surface area (Å²) in [4.78, 5) is 17.9. The largest absolute Gasteiger partial charge is 0.493 e. The average molecular weight is 435 g/mol. The number of nitrogens with zero attached hydrogens (tertiary/aromatic N) is 3. The van der Waals surface area contributed by atoms with E-state index in [1.54, 1.807) is 20.3 Å². The molecule has 0 aliphatic heterocycles. The minimum atomic E-state index is -0.250. The molecule has 7 nitrogen and oxygen atoms in total. The molecule has 2 aromatic carbocycles. The van der Waals surface area contributed by atoms with Gasteiger partial charge >= 0.3 is 0 Å². The highest BCUT2D eigenvalue weighted by Gasteiger charge is 2.17. The van der Waals surface area contributed by atoms with Crippen LogP contribution in [0.25, 0.3) is 22.2 Å². The summed E-state index contributed by atoms with van der Waals surface area (Å²) in [5, 5.41) is 13.3. The van der Waals surface area contributed by atoms with Crippen molar-refractivity contribution in [3.8, 4) is 22.8 Å². The van der Waals surface area contributed by atoms with Gasteiger partial charge in [-0.2, -0.15) is 0 Å². The molecule has 0 aliphatic carbocycles. The Morgan fingerprint density at radius 3 is 2.61 bits per heavy atom. The van der Waals surface area contributed by atoms with Gasteiger partial charge in [0.2, 0.25) is 5.13 Å². The Hall–Kier alpha value is -3.52. The highest BCUT2D eigenvalue weighted by molar-refractivity contribution is 7.15. The number of methoxy groups -OCH3 is 2. The average Bonchev–Trinajstić information content (AvgIpc) is 3.24. The Bertz CT molecular complexity index is 1240. The molecule has 0 fully saturated rings. The lowest BCUT2D eigenvalue weighted by Gasteiger charge is -2.12. The van der Waals surface area contributed by atoms with E-state index in [0.717, 1.165) is 34.3 Å². The van der Waals surface area contributed by atoms with Crippen LogP contribution < -0.4 is 14.8 Å². The first-order chi connectivity index (χ1) is 15.1. The molecule has 158 valence electrons. The first-order valence-corrected chi connectivity index (χ1v) is 10.7. The minimum Gasteiger partial charge on any atom is -0.493 e. The molecule has 4 aromatic rings. The Morgan fingerprint density at radius 1 is 1.03 bits per heavy atom.